The van der Waals surface area contributed by atoms with Gasteiger partial charge in [-0.15, -0.1) is 0 Å². The molecule has 0 spiro atoms. The molecule has 0 unspecified atom stereocenters. The van der Waals surface area contributed by atoms with Gasteiger partial charge in [0.2, 0.25) is 12.7 Å². The predicted molar refractivity (Wildman–Crippen MR) is 65.8 cm³/mol. The minimum Gasteiger partial charge on any atom is -0.465 e. The second-order valence-electron chi connectivity index (χ2n) is 4.57. The monoisotopic (exact) mass is 325 g/mol. The molecule has 1 aliphatic rings. The number of halogens is 5. The predicted octanol–water partition coefficient (Wildman–Crippen LogP) is 2.83. The van der Waals surface area contributed by atoms with Crippen LogP contribution < -0.4 is 4.90 Å². The zero-order valence-electron chi connectivity index (χ0n) is 11.3. The second-order valence-corrected chi connectivity index (χ2v) is 4.57. The van der Waals surface area contributed by atoms with E-state index in [0.29, 0.717) is 4.90 Å². The van der Waals surface area contributed by atoms with E-state index in [1.165, 1.54) is 12.1 Å². The van der Waals surface area contributed by atoms with Gasteiger partial charge in [-0.25, -0.2) is 13.6 Å². The summed E-state index contributed by atoms with van der Waals surface area (Å²) in [5.41, 5.74) is 0.0280. The summed E-state index contributed by atoms with van der Waals surface area (Å²) in [5.74, 6) is -0.673. The topological polar surface area (TPSA) is 38.8 Å². The van der Waals surface area contributed by atoms with Gasteiger partial charge in [0.05, 0.1) is 19.2 Å². The van der Waals surface area contributed by atoms with Crippen LogP contribution in [0.1, 0.15) is 10.4 Å². The molecule has 1 aromatic rings. The zero-order chi connectivity index (χ0) is 16.5. The van der Waals surface area contributed by atoms with Crippen molar-refractivity contribution < 1.29 is 36.2 Å². The minimum atomic E-state index is -4.94. The first kappa shape index (κ1) is 16.5. The lowest BCUT2D eigenvalue weighted by molar-refractivity contribution is -0.242. The van der Waals surface area contributed by atoms with Crippen LogP contribution in [0.2, 0.25) is 0 Å². The molecule has 0 bridgehead atoms. The van der Waals surface area contributed by atoms with Gasteiger partial charge in [-0.1, -0.05) is 0 Å². The highest BCUT2D eigenvalue weighted by Gasteiger charge is 2.53. The van der Waals surface area contributed by atoms with Crippen LogP contribution >= 0.6 is 0 Å². The smallest absolute Gasteiger partial charge is 0.414 e. The van der Waals surface area contributed by atoms with Crippen molar-refractivity contribution in [3.63, 3.8) is 0 Å². The summed E-state index contributed by atoms with van der Waals surface area (Å²) in [5, 5.41) is 0. The van der Waals surface area contributed by atoms with Gasteiger partial charge in [-0.3, -0.25) is 0 Å². The molecule has 9 heteroatoms. The van der Waals surface area contributed by atoms with Crippen molar-refractivity contribution in [2.24, 2.45) is 0 Å². The number of morpholine rings is 1. The molecule has 0 N–H and O–H groups in total. The molecule has 1 fully saturated rings. The Hall–Kier alpha value is -1.90. The first-order valence-corrected chi connectivity index (χ1v) is 6.19. The average Bonchev–Trinajstić information content (AvgIpc) is 2.44. The molecule has 1 aromatic carbocycles. The van der Waals surface area contributed by atoms with Crippen molar-refractivity contribution in [1.29, 1.82) is 0 Å². The summed E-state index contributed by atoms with van der Waals surface area (Å²) in [6.07, 6.45) is -9.97. The Morgan fingerprint density at radius 3 is 2.36 bits per heavy atom. The number of nitrogens with zero attached hydrogens (tertiary/aromatic N) is 1. The van der Waals surface area contributed by atoms with Crippen LogP contribution in [0.3, 0.4) is 0 Å². The summed E-state index contributed by atoms with van der Waals surface area (Å²) in [6, 6.07) is 2.13. The molecule has 0 aliphatic carbocycles. The van der Waals surface area contributed by atoms with Crippen LogP contribution in [-0.2, 0) is 9.47 Å². The maximum atomic E-state index is 13.5. The molecular formula is C13H12F5NO3. The van der Waals surface area contributed by atoms with Crippen molar-refractivity contribution in [2.45, 2.75) is 24.9 Å². The molecule has 0 amide bonds. The Morgan fingerprint density at radius 1 is 1.27 bits per heavy atom. The second kappa shape index (κ2) is 6.07. The van der Waals surface area contributed by atoms with Gasteiger partial charge in [-0.2, -0.15) is 13.2 Å². The first-order valence-electron chi connectivity index (χ1n) is 6.19. The van der Waals surface area contributed by atoms with Crippen molar-refractivity contribution in [3.05, 3.63) is 29.8 Å². The van der Waals surface area contributed by atoms with Gasteiger partial charge >= 0.3 is 12.1 Å². The van der Waals surface area contributed by atoms with Crippen molar-refractivity contribution in [1.82, 2.24) is 0 Å². The summed E-state index contributed by atoms with van der Waals surface area (Å²) in [6.45, 7) is -0.776. The number of hydrogen-bond acceptors (Lipinski definition) is 4. The summed E-state index contributed by atoms with van der Waals surface area (Å²) < 4.78 is 74.1. The van der Waals surface area contributed by atoms with Gasteiger partial charge in [0.1, 0.15) is 0 Å². The van der Waals surface area contributed by atoms with Crippen LogP contribution in [0.5, 0.6) is 0 Å². The lowest BCUT2D eigenvalue weighted by Gasteiger charge is -2.41. The number of hydrogen-bond donors (Lipinski definition) is 0. The Bertz CT molecular complexity index is 533. The quantitative estimate of drug-likeness (QED) is 0.619. The van der Waals surface area contributed by atoms with Crippen LogP contribution in [0.4, 0.5) is 27.6 Å². The minimum absolute atomic E-state index is 0.0800. The summed E-state index contributed by atoms with van der Waals surface area (Å²) in [4.78, 5) is 11.8. The third kappa shape index (κ3) is 3.29. The summed E-state index contributed by atoms with van der Waals surface area (Å²) >= 11 is 0. The van der Waals surface area contributed by atoms with Gasteiger partial charge < -0.3 is 14.4 Å². The van der Waals surface area contributed by atoms with E-state index < -0.39 is 37.4 Å². The van der Waals surface area contributed by atoms with Gasteiger partial charge in [0.25, 0.3) is 0 Å². The standard InChI is InChI=1S/C13H12F5NO3/c1-21-12(20)7-2-4-8(5-3-7)19-6-9(14)22-11(15)10(19)13(16,17)18/h2-5,9-11H,6H2,1H3/t9-,10+,11-/m0/s1. The molecule has 1 saturated heterocycles. The number of anilines is 1. The molecule has 3 atom stereocenters. The molecule has 4 nitrogen and oxygen atoms in total. The van der Waals surface area contributed by atoms with Crippen molar-refractivity contribution >= 4 is 11.7 Å². The van der Waals surface area contributed by atoms with E-state index in [2.05, 4.69) is 9.47 Å². The third-order valence-electron chi connectivity index (χ3n) is 3.16. The van der Waals surface area contributed by atoms with E-state index in [0.717, 1.165) is 19.2 Å². The number of carbonyl (C=O) groups excluding carboxylic acids is 1. The SMILES string of the molecule is COC(=O)c1ccc(N2C[C@@H](F)O[C@H](F)[C@@H]2C(F)(F)F)cc1. The number of esters is 1. The number of ether oxygens (including phenoxy) is 2. The van der Waals surface area contributed by atoms with E-state index in [4.69, 9.17) is 0 Å². The molecule has 122 valence electrons. The van der Waals surface area contributed by atoms with Crippen molar-refractivity contribution in [3.8, 4) is 0 Å². The lowest BCUT2D eigenvalue weighted by atomic mass is 10.1. The average molecular weight is 325 g/mol. The Balaban J connectivity index is 2.32. The normalized spacial score (nSPS) is 25.9. The number of alkyl halides is 5. The number of rotatable bonds is 2. The van der Waals surface area contributed by atoms with Gasteiger partial charge in [0, 0.05) is 5.69 Å². The lowest BCUT2D eigenvalue weighted by Crippen LogP contribution is -2.59. The third-order valence-corrected chi connectivity index (χ3v) is 3.16. The Kier molecular flexibility index (Phi) is 4.55. The van der Waals surface area contributed by atoms with Gasteiger partial charge in [0.15, 0.2) is 6.04 Å². The Morgan fingerprint density at radius 2 is 1.86 bits per heavy atom. The summed E-state index contributed by atoms with van der Waals surface area (Å²) in [7, 11) is 1.15. The molecular weight excluding hydrogens is 313 g/mol. The first-order chi connectivity index (χ1) is 10.2. The number of carbonyl (C=O) groups is 1. The van der Waals surface area contributed by atoms with Gasteiger partial charge in [-0.05, 0) is 24.3 Å². The highest BCUT2D eigenvalue weighted by atomic mass is 19.4. The largest absolute Gasteiger partial charge is 0.465 e. The van der Waals surface area contributed by atoms with Crippen LogP contribution in [-0.4, -0.2) is 44.6 Å². The van der Waals surface area contributed by atoms with E-state index in [1.807, 2.05) is 0 Å². The van der Waals surface area contributed by atoms with Crippen molar-refractivity contribution in [2.75, 3.05) is 18.6 Å². The molecule has 1 heterocycles. The van der Waals surface area contributed by atoms with E-state index >= 15 is 0 Å². The molecule has 1 aliphatic heterocycles. The maximum absolute atomic E-state index is 13.5. The number of benzene rings is 1. The Labute approximate surface area is 122 Å². The van der Waals surface area contributed by atoms with E-state index in [-0.39, 0.29) is 11.3 Å². The maximum Gasteiger partial charge on any atom is 0.414 e. The van der Waals surface area contributed by atoms with E-state index in [9.17, 15) is 26.7 Å². The fourth-order valence-electron chi connectivity index (χ4n) is 2.17. The van der Waals surface area contributed by atoms with Crippen LogP contribution in [0, 0.1) is 0 Å². The van der Waals surface area contributed by atoms with Crippen LogP contribution in [0.15, 0.2) is 24.3 Å². The molecule has 0 aromatic heterocycles. The highest BCUT2D eigenvalue weighted by Crippen LogP contribution is 2.36. The molecule has 22 heavy (non-hydrogen) atoms. The number of methoxy groups -OCH3 is 1. The van der Waals surface area contributed by atoms with Crippen LogP contribution in [0.25, 0.3) is 0 Å². The molecule has 0 radical (unpaired) electrons. The zero-order valence-corrected chi connectivity index (χ0v) is 11.3. The fourth-order valence-corrected chi connectivity index (χ4v) is 2.17. The fraction of sp³-hybridized carbons (Fsp3) is 0.462. The highest BCUT2D eigenvalue weighted by molar-refractivity contribution is 5.89. The van der Waals surface area contributed by atoms with E-state index in [1.54, 1.807) is 0 Å². The molecule has 2 rings (SSSR count). The molecule has 0 saturated carbocycles.